The molecule has 0 spiro atoms. The maximum atomic E-state index is 13.5. The van der Waals surface area contributed by atoms with E-state index in [1.54, 1.807) is 17.0 Å². The molecule has 11 heteroatoms. The minimum Gasteiger partial charge on any atom is -0.351 e. The molecule has 3 amide bonds. The lowest BCUT2D eigenvalue weighted by Gasteiger charge is -2.38. The number of nitrogens with one attached hydrogen (secondary N) is 3. The van der Waals surface area contributed by atoms with Crippen LogP contribution in [0.15, 0.2) is 24.3 Å². The molecule has 3 N–H and O–H groups in total. The summed E-state index contributed by atoms with van der Waals surface area (Å²) in [7, 11) is 2.04. The van der Waals surface area contributed by atoms with Gasteiger partial charge in [-0.25, -0.2) is 9.37 Å². The zero-order valence-electron chi connectivity index (χ0n) is 19.6. The number of aromatic amines is 1. The molecule has 4 heterocycles. The summed E-state index contributed by atoms with van der Waals surface area (Å²) >= 11 is 1.39. The highest BCUT2D eigenvalue weighted by molar-refractivity contribution is 7.13. The first-order valence-electron chi connectivity index (χ1n) is 11.6. The smallest absolute Gasteiger partial charge is 0.280 e. The number of piperidine rings is 1. The molecule has 0 aliphatic carbocycles. The van der Waals surface area contributed by atoms with Gasteiger partial charge in [0.1, 0.15) is 11.5 Å². The number of hydrogen-bond acceptors (Lipinski definition) is 6. The molecule has 9 nitrogen and oxygen atoms in total. The first-order chi connectivity index (χ1) is 16.8. The predicted octanol–water partition coefficient (Wildman–Crippen LogP) is 1.90. The molecule has 2 aliphatic rings. The maximum absolute atomic E-state index is 13.5. The van der Waals surface area contributed by atoms with Crippen LogP contribution >= 0.6 is 11.3 Å². The third kappa shape index (κ3) is 4.92. The van der Waals surface area contributed by atoms with Crippen molar-refractivity contribution in [1.29, 1.82) is 0 Å². The summed E-state index contributed by atoms with van der Waals surface area (Å²) in [5.74, 6) is -1.12. The summed E-state index contributed by atoms with van der Waals surface area (Å²) in [4.78, 5) is 50.6. The fraction of sp³-hybridized carbons (Fsp3) is 0.417. The number of likely N-dealkylation sites (tertiary alicyclic amines) is 1. The Hall–Kier alpha value is -3.31. The van der Waals surface area contributed by atoms with Crippen molar-refractivity contribution in [3.63, 3.8) is 0 Å². The summed E-state index contributed by atoms with van der Waals surface area (Å²) in [6.07, 6.45) is 1.30. The molecule has 0 radical (unpaired) electrons. The number of carbonyl (C=O) groups excluding carboxylic acids is 3. The van der Waals surface area contributed by atoms with Crippen LogP contribution in [0.3, 0.4) is 0 Å². The molecule has 3 aromatic rings. The lowest BCUT2D eigenvalue weighted by Crippen LogP contribution is -2.61. The predicted molar refractivity (Wildman–Crippen MR) is 130 cm³/mol. The molecular formula is C24H27FN6O3S. The van der Waals surface area contributed by atoms with E-state index in [2.05, 4.69) is 25.5 Å². The molecule has 2 aliphatic heterocycles. The number of benzene rings is 1. The fourth-order valence-electron chi connectivity index (χ4n) is 4.68. The number of fused-ring (bicyclic) bond motifs is 2. The van der Waals surface area contributed by atoms with Gasteiger partial charge in [-0.1, -0.05) is 0 Å². The van der Waals surface area contributed by atoms with Crippen LogP contribution in [0.5, 0.6) is 0 Å². The van der Waals surface area contributed by atoms with Crippen molar-refractivity contribution in [2.24, 2.45) is 0 Å². The Labute approximate surface area is 205 Å². The fourth-order valence-corrected chi connectivity index (χ4v) is 5.77. The van der Waals surface area contributed by atoms with Crippen molar-refractivity contribution in [3.05, 3.63) is 51.4 Å². The Kier molecular flexibility index (Phi) is 6.28. The molecule has 0 bridgehead atoms. The molecule has 1 fully saturated rings. The van der Waals surface area contributed by atoms with E-state index < -0.39 is 6.04 Å². The Morgan fingerprint density at radius 2 is 1.94 bits per heavy atom. The largest absolute Gasteiger partial charge is 0.351 e. The van der Waals surface area contributed by atoms with Crippen LogP contribution in [0.25, 0.3) is 10.9 Å². The Balaban J connectivity index is 1.32. The second-order valence-electron chi connectivity index (χ2n) is 9.20. The number of H-pyrrole nitrogens is 1. The van der Waals surface area contributed by atoms with Crippen molar-refractivity contribution in [2.75, 3.05) is 26.7 Å². The molecule has 2 atom stereocenters. The van der Waals surface area contributed by atoms with E-state index in [1.807, 2.05) is 7.05 Å². The van der Waals surface area contributed by atoms with Crippen molar-refractivity contribution in [3.8, 4) is 0 Å². The normalized spacial score (nSPS) is 20.5. The van der Waals surface area contributed by atoms with E-state index in [4.69, 9.17) is 0 Å². The average molecular weight is 499 g/mol. The minimum atomic E-state index is -0.477. The number of thiazole rings is 1. The van der Waals surface area contributed by atoms with Crippen LogP contribution in [-0.4, -0.2) is 76.3 Å². The number of halogens is 1. The van der Waals surface area contributed by atoms with Crippen molar-refractivity contribution in [1.82, 2.24) is 30.4 Å². The molecule has 35 heavy (non-hydrogen) atoms. The Morgan fingerprint density at radius 3 is 2.74 bits per heavy atom. The highest BCUT2D eigenvalue weighted by Crippen LogP contribution is 2.25. The number of likely N-dealkylation sites (N-methyl/N-ethyl adjacent to an activating group) is 1. The third-order valence-electron chi connectivity index (χ3n) is 6.63. The van der Waals surface area contributed by atoms with Gasteiger partial charge in [0.15, 0.2) is 5.01 Å². The van der Waals surface area contributed by atoms with Gasteiger partial charge in [-0.3, -0.25) is 14.4 Å². The van der Waals surface area contributed by atoms with Crippen LogP contribution in [0.4, 0.5) is 4.39 Å². The number of aromatic nitrogens is 2. The molecule has 1 aromatic carbocycles. The van der Waals surface area contributed by atoms with Crippen LogP contribution in [0.1, 0.15) is 44.2 Å². The van der Waals surface area contributed by atoms with Crippen LogP contribution in [0.2, 0.25) is 0 Å². The van der Waals surface area contributed by atoms with Gasteiger partial charge in [-0.2, -0.15) is 0 Å². The highest BCUT2D eigenvalue weighted by atomic mass is 32.1. The minimum absolute atomic E-state index is 0.0839. The summed E-state index contributed by atoms with van der Waals surface area (Å²) in [6.45, 7) is 3.93. The molecule has 1 saturated heterocycles. The second-order valence-corrected chi connectivity index (χ2v) is 10.3. The number of nitrogens with zero attached hydrogens (tertiary/aromatic N) is 3. The van der Waals surface area contributed by atoms with Crippen LogP contribution in [0, 0.1) is 5.82 Å². The van der Waals surface area contributed by atoms with E-state index in [0.717, 1.165) is 30.1 Å². The van der Waals surface area contributed by atoms with E-state index >= 15 is 0 Å². The lowest BCUT2D eigenvalue weighted by molar-refractivity contribution is -0.130. The van der Waals surface area contributed by atoms with Gasteiger partial charge in [0, 0.05) is 55.3 Å². The molecular weight excluding hydrogens is 471 g/mol. The second kappa shape index (κ2) is 9.38. The first-order valence-corrected chi connectivity index (χ1v) is 12.4. The topological polar surface area (TPSA) is 110 Å². The number of hydrogen-bond donors (Lipinski definition) is 3. The van der Waals surface area contributed by atoms with E-state index in [0.29, 0.717) is 34.6 Å². The number of rotatable bonds is 4. The van der Waals surface area contributed by atoms with Gasteiger partial charge >= 0.3 is 0 Å². The average Bonchev–Trinajstić information content (AvgIpc) is 3.43. The van der Waals surface area contributed by atoms with Crippen molar-refractivity contribution < 1.29 is 18.8 Å². The van der Waals surface area contributed by atoms with Gasteiger partial charge in [-0.05, 0) is 37.7 Å². The Bertz CT molecular complexity index is 1300. The standard InChI is InChI=1S/C24H27FN6O3S/c1-13(32)31-8-6-17(27-22(33)19-10-14-9-15(25)3-4-16(14)26-19)20(11-31)28-23(34)24-29-18-5-7-30(2)12-21(18)35-24/h3-4,9-10,17,20,26H,5-8,11-12H2,1-2H3,(H,27,33)(H,28,34)/t17-,20+/m0/s1. The maximum Gasteiger partial charge on any atom is 0.280 e. The Morgan fingerprint density at radius 1 is 1.14 bits per heavy atom. The van der Waals surface area contributed by atoms with E-state index in [1.165, 1.54) is 30.4 Å². The SMILES string of the molecule is CC(=O)N1CC[C@H](NC(=O)c2cc3cc(F)ccc3[nH]2)[C@H](NC(=O)c2nc3c(s2)CN(C)CC3)C1. The molecule has 184 valence electrons. The number of amides is 3. The first kappa shape index (κ1) is 23.4. The summed E-state index contributed by atoms with van der Waals surface area (Å²) in [5.41, 5.74) is 1.93. The number of carbonyl (C=O) groups is 3. The lowest BCUT2D eigenvalue weighted by atomic mass is 9.98. The van der Waals surface area contributed by atoms with Gasteiger partial charge in [-0.15, -0.1) is 11.3 Å². The monoisotopic (exact) mass is 498 g/mol. The quantitative estimate of drug-likeness (QED) is 0.509. The summed E-state index contributed by atoms with van der Waals surface area (Å²) in [5, 5.41) is 7.00. The zero-order chi connectivity index (χ0) is 24.7. The van der Waals surface area contributed by atoms with Gasteiger partial charge < -0.3 is 25.4 Å². The van der Waals surface area contributed by atoms with Crippen LogP contribution < -0.4 is 10.6 Å². The third-order valence-corrected chi connectivity index (χ3v) is 7.72. The summed E-state index contributed by atoms with van der Waals surface area (Å²) in [6, 6.07) is 5.02. The summed E-state index contributed by atoms with van der Waals surface area (Å²) < 4.78 is 13.5. The zero-order valence-corrected chi connectivity index (χ0v) is 20.4. The molecule has 2 aromatic heterocycles. The van der Waals surface area contributed by atoms with Crippen molar-refractivity contribution in [2.45, 2.75) is 38.4 Å². The molecule has 5 rings (SSSR count). The molecule has 0 unspecified atom stereocenters. The molecule has 0 saturated carbocycles. The van der Waals surface area contributed by atoms with Crippen LogP contribution in [-0.2, 0) is 17.8 Å². The van der Waals surface area contributed by atoms with E-state index in [9.17, 15) is 18.8 Å². The van der Waals surface area contributed by atoms with Gasteiger partial charge in [0.05, 0.1) is 17.8 Å². The van der Waals surface area contributed by atoms with Crippen molar-refractivity contribution >= 4 is 40.0 Å². The highest BCUT2D eigenvalue weighted by Gasteiger charge is 2.34. The van der Waals surface area contributed by atoms with Gasteiger partial charge in [0.25, 0.3) is 11.8 Å². The van der Waals surface area contributed by atoms with Gasteiger partial charge in [0.2, 0.25) is 5.91 Å². The van der Waals surface area contributed by atoms with E-state index in [-0.39, 0.29) is 36.1 Å².